The summed E-state index contributed by atoms with van der Waals surface area (Å²) in [4.78, 5) is 5.16. The fourth-order valence-electron chi connectivity index (χ4n) is 2.05. The van der Waals surface area contributed by atoms with Crippen LogP contribution < -0.4 is 0 Å². The molecule has 0 radical (unpaired) electrons. The Morgan fingerprint density at radius 3 is 0.882 bits per heavy atom. The second-order valence-electron chi connectivity index (χ2n) is 6.32. The second kappa shape index (κ2) is 7.38. The van der Waals surface area contributed by atoms with E-state index in [1.165, 1.54) is 26.2 Å². The molecule has 0 bridgehead atoms. The van der Waals surface area contributed by atoms with Gasteiger partial charge in [-0.25, -0.2) is 0 Å². The molecular weight excluding hydrogens is 208 g/mol. The van der Waals surface area contributed by atoms with Crippen molar-refractivity contribution in [3.63, 3.8) is 0 Å². The summed E-state index contributed by atoms with van der Waals surface area (Å²) in [6, 6.07) is 0. The van der Waals surface area contributed by atoms with E-state index in [2.05, 4.69) is 51.3 Å². The van der Waals surface area contributed by atoms with E-state index in [0.29, 0.717) is 11.1 Å². The lowest BCUT2D eigenvalue weighted by Crippen LogP contribution is -2.57. The highest BCUT2D eigenvalue weighted by Crippen LogP contribution is 2.20. The molecule has 1 heterocycles. The zero-order chi connectivity index (χ0) is 13.0. The fraction of sp³-hybridized carbons (Fsp3) is 1.00. The van der Waals surface area contributed by atoms with Gasteiger partial charge in [-0.05, 0) is 41.5 Å². The topological polar surface area (TPSA) is 6.48 Å². The summed E-state index contributed by atoms with van der Waals surface area (Å²) in [7, 11) is 0. The number of hydrogen-bond donors (Lipinski definition) is 0. The van der Waals surface area contributed by atoms with Gasteiger partial charge in [-0.15, -0.1) is 0 Å². The van der Waals surface area contributed by atoms with Crippen LogP contribution in [0, 0.1) is 0 Å². The smallest absolute Gasteiger partial charge is 0.0126 e. The molecular formula is C15H36N2. The van der Waals surface area contributed by atoms with Gasteiger partial charge in [0.15, 0.2) is 0 Å². The monoisotopic (exact) mass is 244 g/mol. The standard InChI is InChI=1S/C12H26N2.C2H6.CH4/c1-11(2,3)13-7-9-14(10-8-13)12(4,5)6;1-2;/h7-10H2,1-6H3;1-2H3;1H4. The zero-order valence-corrected chi connectivity index (χ0v) is 12.7. The van der Waals surface area contributed by atoms with E-state index in [1.54, 1.807) is 0 Å². The Morgan fingerprint density at radius 2 is 0.765 bits per heavy atom. The first kappa shape index (κ1) is 19.3. The van der Waals surface area contributed by atoms with Crippen molar-refractivity contribution in [1.29, 1.82) is 0 Å². The van der Waals surface area contributed by atoms with Gasteiger partial charge in [-0.3, -0.25) is 9.80 Å². The van der Waals surface area contributed by atoms with Crippen LogP contribution in [0.3, 0.4) is 0 Å². The van der Waals surface area contributed by atoms with Crippen LogP contribution in [0.4, 0.5) is 0 Å². The molecule has 0 aromatic heterocycles. The summed E-state index contributed by atoms with van der Waals surface area (Å²) in [5.74, 6) is 0. The van der Waals surface area contributed by atoms with Crippen molar-refractivity contribution >= 4 is 0 Å². The predicted octanol–water partition coefficient (Wildman–Crippen LogP) is 3.86. The van der Waals surface area contributed by atoms with Gasteiger partial charge in [0.1, 0.15) is 0 Å². The fourth-order valence-corrected chi connectivity index (χ4v) is 2.05. The van der Waals surface area contributed by atoms with E-state index in [4.69, 9.17) is 0 Å². The maximum Gasteiger partial charge on any atom is 0.0126 e. The van der Waals surface area contributed by atoms with Gasteiger partial charge in [-0.1, -0.05) is 21.3 Å². The summed E-state index contributed by atoms with van der Waals surface area (Å²) in [6.45, 7) is 22.7. The first-order valence-corrected chi connectivity index (χ1v) is 6.71. The molecule has 1 saturated heterocycles. The van der Waals surface area contributed by atoms with E-state index >= 15 is 0 Å². The van der Waals surface area contributed by atoms with E-state index in [1.807, 2.05) is 13.8 Å². The molecule has 0 aromatic carbocycles. The van der Waals surface area contributed by atoms with Crippen LogP contribution in [-0.4, -0.2) is 47.1 Å². The van der Waals surface area contributed by atoms with Crippen LogP contribution in [0.25, 0.3) is 0 Å². The van der Waals surface area contributed by atoms with Crippen molar-refractivity contribution in [1.82, 2.24) is 9.80 Å². The van der Waals surface area contributed by atoms with Gasteiger partial charge in [0.25, 0.3) is 0 Å². The van der Waals surface area contributed by atoms with Crippen molar-refractivity contribution in [2.24, 2.45) is 0 Å². The Hall–Kier alpha value is -0.0800. The molecule has 0 unspecified atom stereocenters. The van der Waals surface area contributed by atoms with E-state index in [0.717, 1.165) is 0 Å². The highest BCUT2D eigenvalue weighted by molar-refractivity contribution is 4.86. The van der Waals surface area contributed by atoms with Gasteiger partial charge in [0, 0.05) is 37.3 Å². The van der Waals surface area contributed by atoms with Crippen LogP contribution in [0.2, 0.25) is 0 Å². The van der Waals surface area contributed by atoms with Crippen molar-refractivity contribution in [2.75, 3.05) is 26.2 Å². The summed E-state index contributed by atoms with van der Waals surface area (Å²) in [5, 5.41) is 0. The van der Waals surface area contributed by atoms with Crippen molar-refractivity contribution in [3.8, 4) is 0 Å². The third kappa shape index (κ3) is 6.42. The number of rotatable bonds is 0. The van der Waals surface area contributed by atoms with E-state index < -0.39 is 0 Å². The SMILES string of the molecule is C.CC.CC(C)(C)N1CCN(C(C)(C)C)CC1. The summed E-state index contributed by atoms with van der Waals surface area (Å²) in [6.07, 6.45) is 0. The van der Waals surface area contributed by atoms with Crippen LogP contribution in [0.1, 0.15) is 62.8 Å². The Morgan fingerprint density at radius 1 is 0.588 bits per heavy atom. The molecule has 2 heteroatoms. The lowest BCUT2D eigenvalue weighted by molar-refractivity contribution is 0.0211. The number of nitrogens with zero attached hydrogens (tertiary/aromatic N) is 2. The molecule has 1 aliphatic heterocycles. The Labute approximate surface area is 110 Å². The van der Waals surface area contributed by atoms with Crippen molar-refractivity contribution in [2.45, 2.75) is 73.9 Å². The maximum atomic E-state index is 2.58. The molecule has 2 nitrogen and oxygen atoms in total. The molecule has 0 N–H and O–H groups in total. The van der Waals surface area contributed by atoms with Crippen LogP contribution in [-0.2, 0) is 0 Å². The lowest BCUT2D eigenvalue weighted by Gasteiger charge is -2.46. The quantitative estimate of drug-likeness (QED) is 0.638. The Kier molecular flexibility index (Phi) is 8.36. The molecule has 0 atom stereocenters. The molecule has 0 saturated carbocycles. The highest BCUT2D eigenvalue weighted by Gasteiger charge is 2.30. The number of hydrogen-bond acceptors (Lipinski definition) is 2. The predicted molar refractivity (Wildman–Crippen MR) is 80.7 cm³/mol. The van der Waals surface area contributed by atoms with Gasteiger partial charge in [-0.2, -0.15) is 0 Å². The zero-order valence-electron chi connectivity index (χ0n) is 12.7. The normalized spacial score (nSPS) is 19.1. The number of piperazine rings is 1. The van der Waals surface area contributed by atoms with Crippen LogP contribution in [0.5, 0.6) is 0 Å². The van der Waals surface area contributed by atoms with Crippen LogP contribution >= 0.6 is 0 Å². The molecule has 1 aliphatic rings. The molecule has 0 spiro atoms. The minimum absolute atomic E-state index is 0. The van der Waals surface area contributed by atoms with Crippen molar-refractivity contribution in [3.05, 3.63) is 0 Å². The third-order valence-corrected chi connectivity index (χ3v) is 3.18. The minimum atomic E-state index is 0. The molecule has 1 rings (SSSR count). The van der Waals surface area contributed by atoms with E-state index in [-0.39, 0.29) is 7.43 Å². The average Bonchev–Trinajstić information content (AvgIpc) is 2.18. The third-order valence-electron chi connectivity index (χ3n) is 3.18. The average molecular weight is 244 g/mol. The maximum absolute atomic E-state index is 2.58. The van der Waals surface area contributed by atoms with Gasteiger partial charge < -0.3 is 0 Å². The minimum Gasteiger partial charge on any atom is -0.296 e. The summed E-state index contributed by atoms with van der Waals surface area (Å²) in [5.41, 5.74) is 0.675. The highest BCUT2D eigenvalue weighted by atomic mass is 15.3. The molecule has 106 valence electrons. The lowest BCUT2D eigenvalue weighted by atomic mass is 10.0. The second-order valence-corrected chi connectivity index (χ2v) is 6.32. The van der Waals surface area contributed by atoms with Gasteiger partial charge >= 0.3 is 0 Å². The molecule has 1 fully saturated rings. The first-order chi connectivity index (χ1) is 7.21. The summed E-state index contributed by atoms with van der Waals surface area (Å²) < 4.78 is 0. The molecule has 0 amide bonds. The van der Waals surface area contributed by atoms with Gasteiger partial charge in [0.2, 0.25) is 0 Å². The Bertz CT molecular complexity index is 156. The largest absolute Gasteiger partial charge is 0.296 e. The Balaban J connectivity index is 0. The summed E-state index contributed by atoms with van der Waals surface area (Å²) >= 11 is 0. The van der Waals surface area contributed by atoms with Crippen molar-refractivity contribution < 1.29 is 0 Å². The van der Waals surface area contributed by atoms with E-state index in [9.17, 15) is 0 Å². The van der Waals surface area contributed by atoms with Gasteiger partial charge in [0.05, 0.1) is 0 Å². The first-order valence-electron chi connectivity index (χ1n) is 6.71. The van der Waals surface area contributed by atoms with Crippen LogP contribution in [0.15, 0.2) is 0 Å². The molecule has 0 aliphatic carbocycles. The molecule has 17 heavy (non-hydrogen) atoms. The molecule has 0 aromatic rings.